The van der Waals surface area contributed by atoms with E-state index in [0.717, 1.165) is 44.9 Å². The van der Waals surface area contributed by atoms with Gasteiger partial charge in [0.05, 0.1) is 24.3 Å². The summed E-state index contributed by atoms with van der Waals surface area (Å²) in [5, 5.41) is 9.78. The van der Waals surface area contributed by atoms with Gasteiger partial charge in [0.1, 0.15) is 17.5 Å². The molecule has 5 heteroatoms. The fourth-order valence-corrected chi connectivity index (χ4v) is 4.97. The molecule has 5 nitrogen and oxygen atoms in total. The first-order valence-corrected chi connectivity index (χ1v) is 14.3. The van der Waals surface area contributed by atoms with Crippen molar-refractivity contribution in [2.75, 3.05) is 6.61 Å². The number of rotatable bonds is 18. The Bertz CT molecular complexity index is 733. The average Bonchev–Trinajstić information content (AvgIpc) is 2.89. The smallest absolute Gasteiger partial charge is 0.357 e. The first-order chi connectivity index (χ1) is 17.1. The van der Waals surface area contributed by atoms with Crippen LogP contribution in [-0.4, -0.2) is 23.7 Å². The highest BCUT2D eigenvalue weighted by atomic mass is 16.5. The summed E-state index contributed by atoms with van der Waals surface area (Å²) in [5.41, 5.74) is 0.0824. The van der Waals surface area contributed by atoms with Gasteiger partial charge in [0, 0.05) is 0 Å². The van der Waals surface area contributed by atoms with Gasteiger partial charge in [0.2, 0.25) is 0 Å². The van der Waals surface area contributed by atoms with Crippen LogP contribution in [0.4, 0.5) is 0 Å². The minimum absolute atomic E-state index is 0.122. The zero-order valence-electron chi connectivity index (χ0n) is 22.4. The summed E-state index contributed by atoms with van der Waals surface area (Å²) in [6.45, 7) is 5.15. The van der Waals surface area contributed by atoms with E-state index < -0.39 is 0 Å². The Morgan fingerprint density at radius 2 is 1.54 bits per heavy atom. The molecule has 1 saturated carbocycles. The quantitative estimate of drug-likeness (QED) is 0.154. The Morgan fingerprint density at radius 3 is 2.11 bits per heavy atom. The minimum atomic E-state index is -0.381. The van der Waals surface area contributed by atoms with Crippen molar-refractivity contribution in [3.8, 4) is 11.8 Å². The third-order valence-electron chi connectivity index (χ3n) is 7.37. The number of ether oxygens (including phenoxy) is 2. The summed E-state index contributed by atoms with van der Waals surface area (Å²) >= 11 is 0. The van der Waals surface area contributed by atoms with E-state index >= 15 is 0 Å². The lowest BCUT2D eigenvalue weighted by Gasteiger charge is -2.34. The average molecular weight is 485 g/mol. The Balaban J connectivity index is 1.63. The van der Waals surface area contributed by atoms with Crippen molar-refractivity contribution >= 4 is 5.97 Å². The molecule has 0 atom stereocenters. The number of aromatic nitrogens is 1. The van der Waals surface area contributed by atoms with E-state index in [4.69, 9.17) is 9.47 Å². The maximum atomic E-state index is 12.6. The maximum absolute atomic E-state index is 12.6. The van der Waals surface area contributed by atoms with Crippen LogP contribution >= 0.6 is 0 Å². The first-order valence-electron chi connectivity index (χ1n) is 14.3. The van der Waals surface area contributed by atoms with Gasteiger partial charge in [0.25, 0.3) is 0 Å². The molecule has 1 aliphatic rings. The molecule has 35 heavy (non-hydrogen) atoms. The Kier molecular flexibility index (Phi) is 14.5. The van der Waals surface area contributed by atoms with Crippen molar-refractivity contribution in [1.82, 2.24) is 4.98 Å². The highest BCUT2D eigenvalue weighted by Gasteiger charge is 2.36. The van der Waals surface area contributed by atoms with Crippen LogP contribution in [0.15, 0.2) is 18.3 Å². The Labute approximate surface area is 214 Å². The van der Waals surface area contributed by atoms with Gasteiger partial charge >= 0.3 is 5.97 Å². The van der Waals surface area contributed by atoms with E-state index in [1.807, 2.05) is 0 Å². The molecule has 1 aliphatic carbocycles. The summed E-state index contributed by atoms with van der Waals surface area (Å²) < 4.78 is 11.5. The third-order valence-corrected chi connectivity index (χ3v) is 7.37. The lowest BCUT2D eigenvalue weighted by Crippen LogP contribution is -2.31. The topological polar surface area (TPSA) is 72.2 Å². The number of carbonyl (C=O) groups is 1. The number of esters is 1. The Hall–Kier alpha value is -2.09. The Morgan fingerprint density at radius 1 is 0.943 bits per heavy atom. The highest BCUT2D eigenvalue weighted by Crippen LogP contribution is 2.41. The van der Waals surface area contributed by atoms with Crippen molar-refractivity contribution in [3.05, 3.63) is 24.0 Å². The van der Waals surface area contributed by atoms with Crippen molar-refractivity contribution in [3.63, 3.8) is 0 Å². The SMILES string of the molecule is CCCCCCCCCCOc1ccc(C(=O)OC2CCC(C#N)(CCCCCCC)CC2)nc1. The molecule has 196 valence electrons. The summed E-state index contributed by atoms with van der Waals surface area (Å²) in [7, 11) is 0. The third kappa shape index (κ3) is 11.5. The largest absolute Gasteiger partial charge is 0.492 e. The van der Waals surface area contributed by atoms with Gasteiger partial charge < -0.3 is 9.47 Å². The summed E-state index contributed by atoms with van der Waals surface area (Å²) in [4.78, 5) is 16.8. The fourth-order valence-electron chi connectivity index (χ4n) is 4.97. The van der Waals surface area contributed by atoms with Crippen molar-refractivity contribution in [2.24, 2.45) is 5.41 Å². The maximum Gasteiger partial charge on any atom is 0.357 e. The summed E-state index contributed by atoms with van der Waals surface area (Å²) in [6, 6.07) is 6.08. The standard InChI is InChI=1S/C30H48N2O3/c1-3-5-7-9-10-11-13-15-23-34-27-16-17-28(32-24-27)29(33)35-26-18-21-30(25-31,22-19-26)20-14-12-8-6-4-2/h16-17,24,26H,3-15,18-23H2,1-2H3. The van der Waals surface area contributed by atoms with Gasteiger partial charge in [-0.25, -0.2) is 9.78 Å². The van der Waals surface area contributed by atoms with Gasteiger partial charge in [-0.2, -0.15) is 5.26 Å². The normalized spacial score (nSPS) is 19.7. The zero-order valence-corrected chi connectivity index (χ0v) is 22.4. The van der Waals surface area contributed by atoms with Gasteiger partial charge in [-0.1, -0.05) is 90.9 Å². The second kappa shape index (κ2) is 17.4. The van der Waals surface area contributed by atoms with Crippen LogP contribution in [0, 0.1) is 16.7 Å². The van der Waals surface area contributed by atoms with E-state index in [1.165, 1.54) is 70.6 Å². The number of hydrogen-bond donors (Lipinski definition) is 0. The van der Waals surface area contributed by atoms with E-state index in [2.05, 4.69) is 24.9 Å². The number of pyridine rings is 1. The fraction of sp³-hybridized carbons (Fsp3) is 0.767. The van der Waals surface area contributed by atoms with Crippen LogP contribution in [0.2, 0.25) is 0 Å². The van der Waals surface area contributed by atoms with E-state index in [0.29, 0.717) is 18.1 Å². The number of carbonyl (C=O) groups excluding carboxylic acids is 1. The molecule has 1 aromatic heterocycles. The van der Waals surface area contributed by atoms with Crippen LogP contribution in [-0.2, 0) is 4.74 Å². The van der Waals surface area contributed by atoms with E-state index in [9.17, 15) is 10.1 Å². The second-order valence-corrected chi connectivity index (χ2v) is 10.4. The molecule has 0 bridgehead atoms. The van der Waals surface area contributed by atoms with Crippen LogP contribution in [0.3, 0.4) is 0 Å². The van der Waals surface area contributed by atoms with Crippen LogP contribution in [0.5, 0.6) is 5.75 Å². The number of nitriles is 1. The second-order valence-electron chi connectivity index (χ2n) is 10.4. The zero-order chi connectivity index (χ0) is 25.2. The lowest BCUT2D eigenvalue weighted by atomic mass is 9.71. The molecular weight excluding hydrogens is 436 g/mol. The molecular formula is C30H48N2O3. The molecule has 1 heterocycles. The number of hydrogen-bond acceptors (Lipinski definition) is 5. The lowest BCUT2D eigenvalue weighted by molar-refractivity contribution is 0.00985. The van der Waals surface area contributed by atoms with Gasteiger partial charge in [-0.15, -0.1) is 0 Å². The monoisotopic (exact) mass is 484 g/mol. The van der Waals surface area contributed by atoms with Crippen LogP contribution in [0.25, 0.3) is 0 Å². The molecule has 0 unspecified atom stereocenters. The molecule has 0 amide bonds. The van der Waals surface area contributed by atoms with Gasteiger partial charge in [-0.05, 0) is 50.7 Å². The molecule has 1 aromatic rings. The highest BCUT2D eigenvalue weighted by molar-refractivity contribution is 5.87. The predicted octanol–water partition coefficient (Wildman–Crippen LogP) is 8.57. The predicted molar refractivity (Wildman–Crippen MR) is 141 cm³/mol. The summed E-state index contributed by atoms with van der Waals surface area (Å²) in [6.07, 6.45) is 21.9. The molecule has 0 spiro atoms. The molecule has 0 aliphatic heterocycles. The molecule has 0 saturated heterocycles. The first kappa shape index (κ1) is 29.1. The molecule has 0 radical (unpaired) electrons. The van der Waals surface area contributed by atoms with Crippen LogP contribution in [0.1, 0.15) is 140 Å². The van der Waals surface area contributed by atoms with Gasteiger partial charge in [0.15, 0.2) is 0 Å². The van der Waals surface area contributed by atoms with Crippen LogP contribution < -0.4 is 4.74 Å². The van der Waals surface area contributed by atoms with Crippen molar-refractivity contribution in [2.45, 2.75) is 136 Å². The number of nitrogens with zero attached hydrogens (tertiary/aromatic N) is 2. The minimum Gasteiger partial charge on any atom is -0.492 e. The molecule has 0 N–H and O–H groups in total. The van der Waals surface area contributed by atoms with E-state index in [-0.39, 0.29) is 17.5 Å². The van der Waals surface area contributed by atoms with Crippen molar-refractivity contribution in [1.29, 1.82) is 5.26 Å². The molecule has 1 fully saturated rings. The summed E-state index contributed by atoms with van der Waals surface area (Å²) in [5.74, 6) is 0.313. The number of unbranched alkanes of at least 4 members (excludes halogenated alkanes) is 11. The molecule has 2 rings (SSSR count). The molecule has 0 aromatic carbocycles. The van der Waals surface area contributed by atoms with E-state index in [1.54, 1.807) is 18.3 Å². The van der Waals surface area contributed by atoms with Crippen molar-refractivity contribution < 1.29 is 14.3 Å². The van der Waals surface area contributed by atoms with Gasteiger partial charge in [-0.3, -0.25) is 0 Å².